The fraction of sp³-hybridized carbons (Fsp3) is 0.556. The van der Waals surface area contributed by atoms with Crippen LogP contribution in [0, 0.1) is 0 Å². The Bertz CT molecular complexity index is 336. The Hall–Kier alpha value is -1.11. The monoisotopic (exact) mass is 245 g/mol. The largest absolute Gasteiger partial charge is 0.383 e. The van der Waals surface area contributed by atoms with Gasteiger partial charge in [0, 0.05) is 20.2 Å². The normalized spacial score (nSPS) is 10.2. The smallest absolute Gasteiger partial charge is 0.239 e. The van der Waals surface area contributed by atoms with Crippen molar-refractivity contribution in [3.05, 3.63) is 11.2 Å². The first-order chi connectivity index (χ1) is 7.72. The van der Waals surface area contributed by atoms with Crippen LogP contribution in [0.2, 0.25) is 5.02 Å². The number of nitrogens with zero attached hydrogens (tertiary/aromatic N) is 3. The lowest BCUT2D eigenvalue weighted by Gasteiger charge is -2.22. The van der Waals surface area contributed by atoms with Gasteiger partial charge in [0.05, 0.1) is 12.8 Å². The lowest BCUT2D eigenvalue weighted by molar-refractivity contribution is 0.205. The lowest BCUT2D eigenvalue weighted by Crippen LogP contribution is -2.28. The molecule has 1 aromatic rings. The van der Waals surface area contributed by atoms with Crippen molar-refractivity contribution in [3.63, 3.8) is 0 Å². The van der Waals surface area contributed by atoms with Gasteiger partial charge in [0.1, 0.15) is 5.02 Å². The molecule has 0 saturated carbocycles. The maximum absolute atomic E-state index is 6.03. The first-order valence-corrected chi connectivity index (χ1v) is 5.33. The highest BCUT2D eigenvalue weighted by Crippen LogP contribution is 2.23. The molecule has 0 spiro atoms. The summed E-state index contributed by atoms with van der Waals surface area (Å²) in [7, 11) is 1.66. The molecular weight excluding hydrogens is 230 g/mol. The topological polar surface area (TPSA) is 76.3 Å². The van der Waals surface area contributed by atoms with E-state index in [1.165, 1.54) is 6.20 Å². The minimum absolute atomic E-state index is 0.343. The van der Waals surface area contributed by atoms with Crippen molar-refractivity contribution in [2.24, 2.45) is 5.84 Å². The summed E-state index contributed by atoms with van der Waals surface area (Å²) in [6.45, 7) is 4.13. The molecule has 1 aromatic heterocycles. The van der Waals surface area contributed by atoms with Crippen LogP contribution >= 0.6 is 11.6 Å². The second kappa shape index (κ2) is 6.47. The second-order valence-corrected chi connectivity index (χ2v) is 3.49. The first-order valence-electron chi connectivity index (χ1n) is 4.96. The van der Waals surface area contributed by atoms with Gasteiger partial charge in [0.25, 0.3) is 0 Å². The van der Waals surface area contributed by atoms with E-state index in [0.29, 0.717) is 29.9 Å². The Labute approximate surface area is 99.7 Å². The number of ether oxygens (including phenoxy) is 1. The molecule has 3 N–H and O–H groups in total. The van der Waals surface area contributed by atoms with Crippen LogP contribution in [0.15, 0.2) is 6.20 Å². The van der Waals surface area contributed by atoms with E-state index < -0.39 is 0 Å². The Balaban J connectivity index is 2.89. The lowest BCUT2D eigenvalue weighted by atomic mass is 10.4. The quantitative estimate of drug-likeness (QED) is 0.573. The Morgan fingerprint density at radius 2 is 2.38 bits per heavy atom. The maximum atomic E-state index is 6.03. The van der Waals surface area contributed by atoms with Gasteiger partial charge in [0.2, 0.25) is 5.95 Å². The van der Waals surface area contributed by atoms with E-state index in [0.717, 1.165) is 6.54 Å². The van der Waals surface area contributed by atoms with Crippen molar-refractivity contribution in [1.82, 2.24) is 9.97 Å². The van der Waals surface area contributed by atoms with Gasteiger partial charge in [-0.1, -0.05) is 11.6 Å². The zero-order valence-electron chi connectivity index (χ0n) is 9.40. The van der Waals surface area contributed by atoms with Gasteiger partial charge < -0.3 is 9.64 Å². The number of hydrogen-bond acceptors (Lipinski definition) is 6. The van der Waals surface area contributed by atoms with Crippen LogP contribution in [0.3, 0.4) is 0 Å². The van der Waals surface area contributed by atoms with Gasteiger partial charge in [-0.15, -0.1) is 0 Å². The van der Waals surface area contributed by atoms with E-state index in [1.807, 2.05) is 11.8 Å². The molecule has 1 heterocycles. The Kier molecular flexibility index (Phi) is 5.24. The van der Waals surface area contributed by atoms with Gasteiger partial charge in [-0.3, -0.25) is 5.43 Å². The number of aromatic nitrogens is 2. The fourth-order valence-corrected chi connectivity index (χ4v) is 1.48. The molecule has 0 aliphatic rings. The summed E-state index contributed by atoms with van der Waals surface area (Å²) < 4.78 is 5.02. The van der Waals surface area contributed by atoms with Gasteiger partial charge in [-0.05, 0) is 6.92 Å². The molecule has 16 heavy (non-hydrogen) atoms. The van der Waals surface area contributed by atoms with Crippen LogP contribution in [0.1, 0.15) is 6.92 Å². The van der Waals surface area contributed by atoms with Gasteiger partial charge in [-0.25, -0.2) is 10.8 Å². The minimum atomic E-state index is 0.343. The van der Waals surface area contributed by atoms with Crippen LogP contribution in [0.25, 0.3) is 0 Å². The van der Waals surface area contributed by atoms with Crippen LogP contribution in [0.4, 0.5) is 11.8 Å². The molecule has 6 nitrogen and oxygen atoms in total. The van der Waals surface area contributed by atoms with Gasteiger partial charge in [-0.2, -0.15) is 4.98 Å². The summed E-state index contributed by atoms with van der Waals surface area (Å²) in [5.41, 5.74) is 2.39. The van der Waals surface area contributed by atoms with Crippen molar-refractivity contribution in [2.45, 2.75) is 6.92 Å². The number of nitrogen functional groups attached to an aromatic ring is 1. The number of methoxy groups -OCH3 is 1. The molecule has 0 saturated heterocycles. The third-order valence-electron chi connectivity index (χ3n) is 2.10. The van der Waals surface area contributed by atoms with Crippen molar-refractivity contribution in [1.29, 1.82) is 0 Å². The fourth-order valence-electron chi connectivity index (χ4n) is 1.26. The van der Waals surface area contributed by atoms with E-state index in [2.05, 4.69) is 15.4 Å². The van der Waals surface area contributed by atoms with Crippen LogP contribution in [-0.2, 0) is 4.74 Å². The molecule has 7 heteroatoms. The van der Waals surface area contributed by atoms with Crippen LogP contribution < -0.4 is 16.2 Å². The number of hydrazine groups is 1. The predicted octanol–water partition coefficient (Wildman–Crippen LogP) is 0.888. The van der Waals surface area contributed by atoms with Crippen molar-refractivity contribution in [3.8, 4) is 0 Å². The minimum Gasteiger partial charge on any atom is -0.383 e. The molecule has 1 rings (SSSR count). The van der Waals surface area contributed by atoms with Crippen molar-refractivity contribution >= 4 is 23.4 Å². The molecule has 0 aliphatic carbocycles. The predicted molar refractivity (Wildman–Crippen MR) is 64.6 cm³/mol. The maximum Gasteiger partial charge on any atom is 0.239 e. The van der Waals surface area contributed by atoms with Crippen LogP contribution in [-0.4, -0.2) is 36.8 Å². The zero-order chi connectivity index (χ0) is 12.0. The highest BCUT2D eigenvalue weighted by Gasteiger charge is 2.11. The number of likely N-dealkylation sites (N-methyl/N-ethyl adjacent to an activating group) is 1. The molecule has 0 atom stereocenters. The molecule has 0 bridgehead atoms. The van der Waals surface area contributed by atoms with Gasteiger partial charge in [0.15, 0.2) is 5.82 Å². The number of nitrogens with one attached hydrogen (secondary N) is 1. The number of anilines is 2. The molecule has 90 valence electrons. The SMILES string of the molecule is CCN(CCOC)c1nc(NN)ncc1Cl. The van der Waals surface area contributed by atoms with E-state index in [-0.39, 0.29) is 0 Å². The first kappa shape index (κ1) is 13.0. The van der Waals surface area contributed by atoms with Crippen molar-refractivity contribution in [2.75, 3.05) is 37.1 Å². The zero-order valence-corrected chi connectivity index (χ0v) is 10.2. The molecule has 0 aromatic carbocycles. The van der Waals surface area contributed by atoms with E-state index >= 15 is 0 Å². The summed E-state index contributed by atoms with van der Waals surface area (Å²) in [6.07, 6.45) is 1.52. The summed E-state index contributed by atoms with van der Waals surface area (Å²) in [4.78, 5) is 10.1. The number of nitrogens with two attached hydrogens (primary N) is 1. The molecule has 0 fully saturated rings. The standard InChI is InChI=1S/C9H16ClN5O/c1-3-15(4-5-16-2)8-7(10)6-12-9(13-8)14-11/h6H,3-5,11H2,1-2H3,(H,12,13,14). The summed E-state index contributed by atoms with van der Waals surface area (Å²) >= 11 is 6.03. The summed E-state index contributed by atoms with van der Waals surface area (Å²) in [5.74, 6) is 6.25. The Morgan fingerprint density at radius 1 is 1.62 bits per heavy atom. The third-order valence-corrected chi connectivity index (χ3v) is 2.37. The third kappa shape index (κ3) is 3.19. The number of hydrogen-bond donors (Lipinski definition) is 2. The number of halogens is 1. The second-order valence-electron chi connectivity index (χ2n) is 3.08. The highest BCUT2D eigenvalue weighted by molar-refractivity contribution is 6.32. The van der Waals surface area contributed by atoms with Crippen molar-refractivity contribution < 1.29 is 4.74 Å². The van der Waals surface area contributed by atoms with E-state index in [9.17, 15) is 0 Å². The number of rotatable bonds is 6. The average molecular weight is 246 g/mol. The Morgan fingerprint density at radius 3 is 2.94 bits per heavy atom. The summed E-state index contributed by atoms with van der Waals surface area (Å²) in [5, 5.41) is 0.497. The average Bonchev–Trinajstić information content (AvgIpc) is 2.32. The highest BCUT2D eigenvalue weighted by atomic mass is 35.5. The molecule has 0 aliphatic heterocycles. The molecule has 0 unspecified atom stereocenters. The molecule has 0 amide bonds. The van der Waals surface area contributed by atoms with Gasteiger partial charge >= 0.3 is 0 Å². The molecule has 0 radical (unpaired) electrons. The van der Waals surface area contributed by atoms with Crippen LogP contribution in [0.5, 0.6) is 0 Å². The van der Waals surface area contributed by atoms with E-state index in [4.69, 9.17) is 22.2 Å². The molecular formula is C9H16ClN5O. The summed E-state index contributed by atoms with van der Waals surface area (Å²) in [6, 6.07) is 0. The van der Waals surface area contributed by atoms with E-state index in [1.54, 1.807) is 7.11 Å².